The van der Waals surface area contributed by atoms with Crippen LogP contribution in [0.25, 0.3) is 0 Å². The zero-order valence-electron chi connectivity index (χ0n) is 12.9. The molecular weight excluding hydrogens is 298 g/mol. The van der Waals surface area contributed by atoms with Crippen molar-refractivity contribution in [3.05, 3.63) is 29.6 Å². The molecule has 2 N–H and O–H groups in total. The number of carboxylic acids is 1. The molecule has 1 aromatic rings. The Morgan fingerprint density at radius 1 is 1.26 bits per heavy atom. The summed E-state index contributed by atoms with van der Waals surface area (Å²) in [5.74, 6) is -1.37. The molecular formula is C16H19N3O4. The van der Waals surface area contributed by atoms with Crippen molar-refractivity contribution in [2.45, 2.75) is 12.8 Å². The average molecular weight is 317 g/mol. The molecule has 122 valence electrons. The van der Waals surface area contributed by atoms with E-state index >= 15 is 0 Å². The zero-order chi connectivity index (χ0) is 16.6. The number of amides is 2. The number of hydrogen-bond donors (Lipinski definition) is 2. The minimum atomic E-state index is -0.828. The second-order valence-corrected chi connectivity index (χ2v) is 6.17. The Morgan fingerprint density at radius 3 is 2.52 bits per heavy atom. The Hall–Kier alpha value is -2.44. The maximum absolute atomic E-state index is 12.5. The molecule has 23 heavy (non-hydrogen) atoms. The molecule has 2 atom stereocenters. The van der Waals surface area contributed by atoms with Crippen molar-refractivity contribution in [3.63, 3.8) is 0 Å². The molecule has 7 nitrogen and oxygen atoms in total. The summed E-state index contributed by atoms with van der Waals surface area (Å²) in [5, 5.41) is 11.8. The molecule has 2 fully saturated rings. The molecule has 0 unspecified atom stereocenters. The van der Waals surface area contributed by atoms with E-state index in [1.165, 1.54) is 19.3 Å². The molecule has 1 saturated heterocycles. The maximum atomic E-state index is 12.5. The molecule has 7 heteroatoms. The van der Waals surface area contributed by atoms with Gasteiger partial charge in [0.25, 0.3) is 11.8 Å². The van der Waals surface area contributed by atoms with Crippen LogP contribution in [0, 0.1) is 17.8 Å². The Morgan fingerprint density at radius 2 is 2.00 bits per heavy atom. The fraction of sp³-hybridized carbons (Fsp3) is 0.500. The van der Waals surface area contributed by atoms with E-state index in [1.807, 2.05) is 0 Å². The lowest BCUT2D eigenvalue weighted by Crippen LogP contribution is -2.30. The monoisotopic (exact) mass is 317 g/mol. The highest BCUT2D eigenvalue weighted by Gasteiger charge is 2.46. The van der Waals surface area contributed by atoms with Crippen LogP contribution < -0.4 is 5.32 Å². The first-order valence-electron chi connectivity index (χ1n) is 7.71. The van der Waals surface area contributed by atoms with Crippen molar-refractivity contribution >= 4 is 17.8 Å². The van der Waals surface area contributed by atoms with Crippen LogP contribution in [0.1, 0.15) is 33.7 Å². The number of nitrogens with zero attached hydrogens (tertiary/aromatic N) is 2. The topological polar surface area (TPSA) is 99.6 Å². The first-order chi connectivity index (χ1) is 11.0. The fourth-order valence-corrected chi connectivity index (χ4v) is 3.22. The van der Waals surface area contributed by atoms with Crippen LogP contribution in [0.2, 0.25) is 0 Å². The van der Waals surface area contributed by atoms with E-state index in [0.29, 0.717) is 18.0 Å². The smallest absolute Gasteiger partial charge is 0.308 e. The summed E-state index contributed by atoms with van der Waals surface area (Å²) in [7, 11) is 1.51. The van der Waals surface area contributed by atoms with Crippen molar-refractivity contribution in [1.29, 1.82) is 0 Å². The number of hydrogen-bond acceptors (Lipinski definition) is 4. The number of nitrogens with one attached hydrogen (secondary N) is 1. The Bertz CT molecular complexity index is 639. The molecule has 1 saturated carbocycles. The van der Waals surface area contributed by atoms with Gasteiger partial charge in [0.05, 0.1) is 11.5 Å². The third-order valence-corrected chi connectivity index (χ3v) is 4.67. The lowest BCUT2D eigenvalue weighted by Gasteiger charge is -2.16. The summed E-state index contributed by atoms with van der Waals surface area (Å²) in [6.45, 7) is 0.726. The first kappa shape index (κ1) is 15.5. The third-order valence-electron chi connectivity index (χ3n) is 4.67. The van der Waals surface area contributed by atoms with Gasteiger partial charge >= 0.3 is 5.97 Å². The van der Waals surface area contributed by atoms with Gasteiger partial charge in [-0.15, -0.1) is 0 Å². The Balaban J connectivity index is 1.73. The molecule has 0 spiro atoms. The van der Waals surface area contributed by atoms with Crippen LogP contribution in [-0.2, 0) is 4.79 Å². The van der Waals surface area contributed by atoms with Gasteiger partial charge in [0, 0.05) is 26.3 Å². The van der Waals surface area contributed by atoms with Gasteiger partial charge < -0.3 is 15.3 Å². The first-order valence-corrected chi connectivity index (χ1v) is 7.71. The highest BCUT2D eigenvalue weighted by molar-refractivity contribution is 5.96. The van der Waals surface area contributed by atoms with Gasteiger partial charge in [0.15, 0.2) is 0 Å². The van der Waals surface area contributed by atoms with Crippen LogP contribution in [0.5, 0.6) is 0 Å². The van der Waals surface area contributed by atoms with Crippen LogP contribution in [0.3, 0.4) is 0 Å². The van der Waals surface area contributed by atoms with E-state index in [0.717, 1.165) is 12.8 Å². The number of aliphatic carboxylic acids is 1. The normalized spacial score (nSPS) is 23.6. The van der Waals surface area contributed by atoms with Crippen molar-refractivity contribution in [1.82, 2.24) is 15.2 Å². The van der Waals surface area contributed by atoms with Gasteiger partial charge in [-0.3, -0.25) is 19.4 Å². The van der Waals surface area contributed by atoms with E-state index in [2.05, 4.69) is 10.3 Å². The van der Waals surface area contributed by atoms with Gasteiger partial charge in [0.1, 0.15) is 5.69 Å². The standard InChI is InChI=1S/C16H19N3O4/c1-17-14(20)13-5-4-10(6-18-13)15(21)19-7-11(9-2-3-9)12(8-19)16(22)23/h4-6,9,11-12H,2-3,7-8H2,1H3,(H,17,20)(H,22,23)/t11-,12+/m1/s1. The Labute approximate surface area is 133 Å². The number of pyridine rings is 1. The number of carboxylic acid groups (broad SMARTS) is 1. The molecule has 0 bridgehead atoms. The Kier molecular flexibility index (Phi) is 4.02. The van der Waals surface area contributed by atoms with E-state index in [4.69, 9.17) is 0 Å². The molecule has 0 aromatic carbocycles. The zero-order valence-corrected chi connectivity index (χ0v) is 12.9. The van der Waals surface area contributed by atoms with Crippen molar-refractivity contribution in [2.24, 2.45) is 17.8 Å². The third kappa shape index (κ3) is 3.04. The summed E-state index contributed by atoms with van der Waals surface area (Å²) in [5.41, 5.74) is 0.614. The van der Waals surface area contributed by atoms with Crippen LogP contribution >= 0.6 is 0 Å². The predicted molar refractivity (Wildman–Crippen MR) is 80.9 cm³/mol. The van der Waals surface area contributed by atoms with Gasteiger partial charge in [-0.25, -0.2) is 0 Å². The van der Waals surface area contributed by atoms with Crippen molar-refractivity contribution < 1.29 is 19.5 Å². The fourth-order valence-electron chi connectivity index (χ4n) is 3.22. The summed E-state index contributed by atoms with van der Waals surface area (Å²) >= 11 is 0. The van der Waals surface area contributed by atoms with Gasteiger partial charge in [0.2, 0.25) is 0 Å². The number of rotatable bonds is 4. The number of carbonyl (C=O) groups is 3. The quantitative estimate of drug-likeness (QED) is 0.848. The lowest BCUT2D eigenvalue weighted by molar-refractivity contribution is -0.142. The van der Waals surface area contributed by atoms with Crippen LogP contribution in [0.15, 0.2) is 18.3 Å². The van der Waals surface area contributed by atoms with Gasteiger partial charge in [-0.2, -0.15) is 0 Å². The highest BCUT2D eigenvalue weighted by atomic mass is 16.4. The predicted octanol–water partition coefficient (Wildman–Crippen LogP) is 0.624. The second kappa shape index (κ2) is 5.98. The van der Waals surface area contributed by atoms with E-state index in [9.17, 15) is 19.5 Å². The molecule has 2 amide bonds. The van der Waals surface area contributed by atoms with Crippen LogP contribution in [-0.4, -0.2) is 52.9 Å². The number of carbonyl (C=O) groups excluding carboxylic acids is 2. The summed E-state index contributed by atoms with van der Waals surface area (Å²) in [4.78, 5) is 41.0. The minimum Gasteiger partial charge on any atom is -0.481 e. The summed E-state index contributed by atoms with van der Waals surface area (Å²) in [6.07, 6.45) is 3.48. The molecule has 2 aliphatic rings. The minimum absolute atomic E-state index is 0.0505. The average Bonchev–Trinajstić information content (AvgIpc) is 3.31. The van der Waals surface area contributed by atoms with E-state index < -0.39 is 11.9 Å². The largest absolute Gasteiger partial charge is 0.481 e. The molecule has 1 aliphatic heterocycles. The number of likely N-dealkylation sites (tertiary alicyclic amines) is 1. The summed E-state index contributed by atoms with van der Waals surface area (Å²) in [6, 6.07) is 3.05. The van der Waals surface area contributed by atoms with Gasteiger partial charge in [-0.1, -0.05) is 0 Å². The summed E-state index contributed by atoms with van der Waals surface area (Å²) < 4.78 is 0. The molecule has 3 rings (SSSR count). The van der Waals surface area contributed by atoms with E-state index in [1.54, 1.807) is 11.0 Å². The van der Waals surface area contributed by atoms with Gasteiger partial charge in [-0.05, 0) is 36.8 Å². The number of aromatic nitrogens is 1. The lowest BCUT2D eigenvalue weighted by atomic mass is 9.92. The molecule has 0 radical (unpaired) electrons. The van der Waals surface area contributed by atoms with Crippen molar-refractivity contribution in [3.8, 4) is 0 Å². The second-order valence-electron chi connectivity index (χ2n) is 6.17. The highest BCUT2D eigenvalue weighted by Crippen LogP contribution is 2.44. The molecule has 2 heterocycles. The van der Waals surface area contributed by atoms with Crippen molar-refractivity contribution in [2.75, 3.05) is 20.1 Å². The van der Waals surface area contributed by atoms with E-state index in [-0.39, 0.29) is 30.0 Å². The molecule has 1 aliphatic carbocycles. The molecule has 1 aromatic heterocycles. The SMILES string of the molecule is CNC(=O)c1ccc(C(=O)N2C[C@H](C(=O)O)[C@@H](C3CC3)C2)cn1. The van der Waals surface area contributed by atoms with Crippen LogP contribution in [0.4, 0.5) is 0 Å². The maximum Gasteiger partial charge on any atom is 0.308 e.